The van der Waals surface area contributed by atoms with Crippen molar-refractivity contribution in [3.05, 3.63) is 77.4 Å². The average Bonchev–Trinajstić information content (AvgIpc) is 3.54. The van der Waals surface area contributed by atoms with Crippen molar-refractivity contribution < 1.29 is 23.5 Å². The lowest BCUT2D eigenvalue weighted by atomic mass is 9.98. The van der Waals surface area contributed by atoms with E-state index in [-0.39, 0.29) is 23.6 Å². The lowest BCUT2D eigenvalue weighted by Gasteiger charge is -2.35. The van der Waals surface area contributed by atoms with Crippen molar-refractivity contribution in [3.63, 3.8) is 0 Å². The third-order valence-corrected chi connectivity index (χ3v) is 8.62. The zero-order valence-corrected chi connectivity index (χ0v) is 26.3. The number of piperidine rings is 1. The summed E-state index contributed by atoms with van der Waals surface area (Å²) in [4.78, 5) is 41.3. The second-order valence-electron chi connectivity index (χ2n) is 10.9. The van der Waals surface area contributed by atoms with Crippen molar-refractivity contribution in [2.45, 2.75) is 37.3 Å². The van der Waals surface area contributed by atoms with Gasteiger partial charge in [-0.1, -0.05) is 54.2 Å². The highest BCUT2D eigenvalue weighted by Crippen LogP contribution is 2.26. The fourth-order valence-corrected chi connectivity index (χ4v) is 6.21. The summed E-state index contributed by atoms with van der Waals surface area (Å²) in [7, 11) is 1.66. The number of hydrogen-bond donors (Lipinski definition) is 0. The molecule has 2 aliphatic heterocycles. The molecule has 2 saturated heterocycles. The Morgan fingerprint density at radius 2 is 1.89 bits per heavy atom. The van der Waals surface area contributed by atoms with Crippen molar-refractivity contribution in [2.75, 3.05) is 64.4 Å². The number of amides is 1. The van der Waals surface area contributed by atoms with Crippen molar-refractivity contribution in [1.82, 2.24) is 19.8 Å². The Balaban J connectivity index is 1.16. The van der Waals surface area contributed by atoms with Crippen LogP contribution in [0.1, 0.15) is 47.3 Å². The monoisotopic (exact) mass is 619 g/mol. The Kier molecular flexibility index (Phi) is 11.5. The molecule has 10 nitrogen and oxygen atoms in total. The van der Waals surface area contributed by atoms with Gasteiger partial charge in [0.25, 0.3) is 5.91 Å². The molecular formula is C33H41N5O5S. The molecule has 0 radical (unpaired) electrons. The van der Waals surface area contributed by atoms with E-state index in [2.05, 4.69) is 46.2 Å². The molecule has 0 saturated carbocycles. The number of ether oxygens (including phenoxy) is 2. The number of thioether (sulfide) groups is 1. The summed E-state index contributed by atoms with van der Waals surface area (Å²) in [5.41, 5.74) is 2.04. The molecule has 5 rings (SSSR count). The highest BCUT2D eigenvalue weighted by atomic mass is 32.2. The number of rotatable bonds is 12. The maximum atomic E-state index is 13.1. The molecule has 0 N–H and O–H groups in total. The van der Waals surface area contributed by atoms with E-state index in [4.69, 9.17) is 23.9 Å². The Bertz CT molecular complexity index is 1410. The van der Waals surface area contributed by atoms with Crippen LogP contribution in [0.2, 0.25) is 0 Å². The third-order valence-electron chi connectivity index (χ3n) is 7.75. The van der Waals surface area contributed by atoms with Crippen LogP contribution in [-0.4, -0.2) is 91.2 Å². The second kappa shape index (κ2) is 15.9. The number of benzene rings is 1. The number of piperazine rings is 1. The number of furan rings is 1. The normalized spacial score (nSPS) is 17.7. The maximum absolute atomic E-state index is 13.1. The Labute approximate surface area is 263 Å². The van der Waals surface area contributed by atoms with Crippen molar-refractivity contribution in [1.29, 1.82) is 0 Å². The number of likely N-dealkylation sites (tertiary alicyclic amines) is 1. The van der Waals surface area contributed by atoms with Crippen LogP contribution in [0, 0.1) is 5.92 Å². The topological polar surface area (TPSA) is 101 Å². The third kappa shape index (κ3) is 8.71. The van der Waals surface area contributed by atoms with E-state index in [0.29, 0.717) is 43.0 Å². The van der Waals surface area contributed by atoms with Gasteiger partial charge in [0.15, 0.2) is 10.9 Å². The number of carbonyl (C=O) groups is 2. The molecule has 4 heterocycles. The number of aromatic nitrogens is 2. The molecule has 11 heteroatoms. The summed E-state index contributed by atoms with van der Waals surface area (Å²) in [6.07, 6.45) is 5.89. The molecule has 0 bridgehead atoms. The molecule has 1 atom stereocenters. The summed E-state index contributed by atoms with van der Waals surface area (Å²) in [5.74, 6) is 1.58. The minimum absolute atomic E-state index is 0.203. The van der Waals surface area contributed by atoms with E-state index in [9.17, 15) is 9.59 Å². The van der Waals surface area contributed by atoms with Gasteiger partial charge in [0, 0.05) is 59.0 Å². The molecule has 2 aliphatic rings. The second-order valence-corrected chi connectivity index (χ2v) is 11.9. The van der Waals surface area contributed by atoms with Crippen LogP contribution in [0.4, 0.5) is 5.82 Å². The van der Waals surface area contributed by atoms with Gasteiger partial charge >= 0.3 is 5.97 Å². The van der Waals surface area contributed by atoms with Gasteiger partial charge in [0.2, 0.25) is 0 Å². The molecule has 2 aromatic heterocycles. The van der Waals surface area contributed by atoms with Gasteiger partial charge in [0.05, 0.1) is 30.6 Å². The fourth-order valence-electron chi connectivity index (χ4n) is 5.45. The molecule has 44 heavy (non-hydrogen) atoms. The zero-order valence-electron chi connectivity index (χ0n) is 25.5. The molecule has 2 fully saturated rings. The van der Waals surface area contributed by atoms with Gasteiger partial charge in [-0.05, 0) is 37.5 Å². The molecule has 3 aromatic rings. The largest absolute Gasteiger partial charge is 0.466 e. The number of carbonyl (C=O) groups excluding carboxylic acids is 2. The minimum atomic E-state index is -0.289. The SMILES string of the molecule is CCOC(=O)C1CCCN(C(=O)c2ccc(CSc3nc(COC)cc(N4CCN(C/C=C/c5ccccc5)CC4)n3)o2)C1. The average molecular weight is 620 g/mol. The minimum Gasteiger partial charge on any atom is -0.466 e. The van der Waals surface area contributed by atoms with Crippen LogP contribution >= 0.6 is 11.8 Å². The van der Waals surface area contributed by atoms with Gasteiger partial charge in [-0.3, -0.25) is 14.5 Å². The van der Waals surface area contributed by atoms with Crippen molar-refractivity contribution in [2.24, 2.45) is 5.92 Å². The Morgan fingerprint density at radius 1 is 1.07 bits per heavy atom. The lowest BCUT2D eigenvalue weighted by Crippen LogP contribution is -2.46. The number of hydrogen-bond acceptors (Lipinski definition) is 10. The fraction of sp³-hybridized carbons (Fsp3) is 0.455. The first-order valence-electron chi connectivity index (χ1n) is 15.3. The smallest absolute Gasteiger partial charge is 0.310 e. The molecular weight excluding hydrogens is 578 g/mol. The van der Waals surface area contributed by atoms with Crippen LogP contribution < -0.4 is 4.90 Å². The summed E-state index contributed by atoms with van der Waals surface area (Å²) in [6.45, 7) is 8.05. The maximum Gasteiger partial charge on any atom is 0.310 e. The summed E-state index contributed by atoms with van der Waals surface area (Å²) >= 11 is 1.47. The van der Waals surface area contributed by atoms with Crippen LogP contribution in [0.25, 0.3) is 6.08 Å². The van der Waals surface area contributed by atoms with Gasteiger partial charge in [0.1, 0.15) is 11.6 Å². The Hall–Kier alpha value is -3.67. The number of anilines is 1. The van der Waals surface area contributed by atoms with E-state index in [1.54, 1.807) is 25.0 Å². The first-order valence-corrected chi connectivity index (χ1v) is 16.2. The lowest BCUT2D eigenvalue weighted by molar-refractivity contribution is -0.149. The molecule has 1 aromatic carbocycles. The Morgan fingerprint density at radius 3 is 2.66 bits per heavy atom. The number of esters is 1. The first-order chi connectivity index (χ1) is 21.5. The number of nitrogens with zero attached hydrogens (tertiary/aromatic N) is 5. The van der Waals surface area contributed by atoms with Gasteiger partial charge in [-0.15, -0.1) is 0 Å². The van der Waals surface area contributed by atoms with Crippen LogP contribution in [0.5, 0.6) is 0 Å². The van der Waals surface area contributed by atoms with Gasteiger partial charge in [-0.25, -0.2) is 9.97 Å². The van der Waals surface area contributed by atoms with Gasteiger partial charge in [-0.2, -0.15) is 0 Å². The first kappa shape index (κ1) is 31.7. The molecule has 0 aliphatic carbocycles. The molecule has 1 unspecified atom stereocenters. The summed E-state index contributed by atoms with van der Waals surface area (Å²) < 4.78 is 16.5. The standard InChI is InChI=1S/C33H41N5O5S/c1-3-42-32(40)26-12-8-16-38(22-26)31(39)29-14-13-28(43-29)24-44-33-34-27(23-41-2)21-30(35-33)37-19-17-36(18-20-37)15-7-11-25-9-5-4-6-10-25/h4-7,9-11,13-14,21,26H,3,8,12,15-20,22-24H2,1-2H3/b11-7+. The quantitative estimate of drug-likeness (QED) is 0.160. The highest BCUT2D eigenvalue weighted by molar-refractivity contribution is 7.98. The summed E-state index contributed by atoms with van der Waals surface area (Å²) in [6, 6.07) is 15.9. The summed E-state index contributed by atoms with van der Waals surface area (Å²) in [5, 5.41) is 0.639. The highest BCUT2D eigenvalue weighted by Gasteiger charge is 2.31. The molecule has 1 amide bonds. The number of methoxy groups -OCH3 is 1. The molecule has 234 valence electrons. The molecule has 0 spiro atoms. The van der Waals surface area contributed by atoms with Crippen molar-refractivity contribution >= 4 is 35.5 Å². The van der Waals surface area contributed by atoms with Gasteiger partial charge < -0.3 is 23.7 Å². The van der Waals surface area contributed by atoms with E-state index in [1.807, 2.05) is 18.2 Å². The van der Waals surface area contributed by atoms with Crippen LogP contribution in [0.3, 0.4) is 0 Å². The van der Waals surface area contributed by atoms with E-state index in [0.717, 1.165) is 57.1 Å². The van der Waals surface area contributed by atoms with Crippen molar-refractivity contribution in [3.8, 4) is 0 Å². The predicted molar refractivity (Wildman–Crippen MR) is 170 cm³/mol. The van der Waals surface area contributed by atoms with E-state index >= 15 is 0 Å². The van der Waals surface area contributed by atoms with Crippen LogP contribution in [0.15, 0.2) is 64.2 Å². The van der Waals surface area contributed by atoms with E-state index < -0.39 is 0 Å². The zero-order chi connectivity index (χ0) is 30.7. The van der Waals surface area contributed by atoms with Crippen LogP contribution in [-0.2, 0) is 26.6 Å². The predicted octanol–water partition coefficient (Wildman–Crippen LogP) is 4.76. The van der Waals surface area contributed by atoms with E-state index in [1.165, 1.54) is 17.3 Å².